The molecule has 0 amide bonds. The van der Waals surface area contributed by atoms with E-state index in [1.165, 1.54) is 11.1 Å². The number of ether oxygens (including phenoxy) is 1. The van der Waals surface area contributed by atoms with Gasteiger partial charge in [0.05, 0.1) is 6.10 Å². The minimum atomic E-state index is 0.272. The summed E-state index contributed by atoms with van der Waals surface area (Å²) in [6.45, 7) is 12.0. The highest BCUT2D eigenvalue weighted by atomic mass is 16.5. The molecular formula is C18H29NO. The van der Waals surface area contributed by atoms with Crippen LogP contribution in [-0.2, 0) is 4.74 Å². The van der Waals surface area contributed by atoms with Crippen LogP contribution in [0.25, 0.3) is 0 Å². The molecule has 0 spiro atoms. The SMILES string of the molecule is CCOC1CC(N[C@H](C)c2cccc(C)c2)C1(C)CC. The van der Waals surface area contributed by atoms with Crippen LogP contribution in [0.3, 0.4) is 0 Å². The predicted octanol–water partition coefficient (Wildman–Crippen LogP) is 4.24. The minimum Gasteiger partial charge on any atom is -0.378 e. The molecule has 0 saturated heterocycles. The van der Waals surface area contributed by atoms with Crippen molar-refractivity contribution in [1.29, 1.82) is 0 Å². The summed E-state index contributed by atoms with van der Waals surface area (Å²) in [4.78, 5) is 0. The predicted molar refractivity (Wildman–Crippen MR) is 84.9 cm³/mol. The van der Waals surface area contributed by atoms with Gasteiger partial charge in [-0.15, -0.1) is 0 Å². The molecule has 1 aliphatic rings. The maximum Gasteiger partial charge on any atom is 0.0658 e. The van der Waals surface area contributed by atoms with Gasteiger partial charge < -0.3 is 10.1 Å². The molecular weight excluding hydrogens is 246 g/mol. The normalized spacial score (nSPS) is 30.9. The van der Waals surface area contributed by atoms with Crippen molar-refractivity contribution in [2.24, 2.45) is 5.41 Å². The maximum atomic E-state index is 5.88. The van der Waals surface area contributed by atoms with Crippen LogP contribution in [0.4, 0.5) is 0 Å². The van der Waals surface area contributed by atoms with Crippen molar-refractivity contribution in [2.75, 3.05) is 6.61 Å². The van der Waals surface area contributed by atoms with Gasteiger partial charge in [-0.1, -0.05) is 43.7 Å². The van der Waals surface area contributed by atoms with E-state index < -0.39 is 0 Å². The zero-order valence-electron chi connectivity index (χ0n) is 13.6. The standard InChI is InChI=1S/C18H29NO/c1-6-18(5)16(12-17(18)20-7-2)19-14(4)15-10-8-9-13(3)11-15/h8-11,14,16-17,19H,6-7,12H2,1-5H3/t14-,16?,17?,18?/m1/s1. The molecule has 0 heterocycles. The first-order valence-electron chi connectivity index (χ1n) is 7.95. The first-order valence-corrected chi connectivity index (χ1v) is 7.95. The van der Waals surface area contributed by atoms with Crippen molar-refractivity contribution >= 4 is 0 Å². The summed E-state index contributed by atoms with van der Waals surface area (Å²) >= 11 is 0. The quantitative estimate of drug-likeness (QED) is 0.838. The van der Waals surface area contributed by atoms with Gasteiger partial charge in [-0.05, 0) is 39.2 Å². The molecule has 1 saturated carbocycles. The molecule has 1 fully saturated rings. The second-order valence-corrected chi connectivity index (χ2v) is 6.39. The molecule has 0 radical (unpaired) electrons. The van der Waals surface area contributed by atoms with Crippen molar-refractivity contribution in [1.82, 2.24) is 5.32 Å². The topological polar surface area (TPSA) is 21.3 Å². The Kier molecular flexibility index (Phi) is 4.87. The van der Waals surface area contributed by atoms with Gasteiger partial charge in [0.15, 0.2) is 0 Å². The Labute approximate surface area is 123 Å². The number of rotatable bonds is 6. The van der Waals surface area contributed by atoms with Crippen LogP contribution in [0.1, 0.15) is 57.7 Å². The Bertz CT molecular complexity index is 445. The second-order valence-electron chi connectivity index (χ2n) is 6.39. The fourth-order valence-corrected chi connectivity index (χ4v) is 3.35. The molecule has 0 aliphatic heterocycles. The van der Waals surface area contributed by atoms with Crippen molar-refractivity contribution in [3.63, 3.8) is 0 Å². The van der Waals surface area contributed by atoms with Crippen LogP contribution in [0.2, 0.25) is 0 Å². The molecule has 0 aromatic heterocycles. The van der Waals surface area contributed by atoms with E-state index in [1.54, 1.807) is 0 Å². The van der Waals surface area contributed by atoms with E-state index in [1.807, 2.05) is 0 Å². The van der Waals surface area contributed by atoms with E-state index in [9.17, 15) is 0 Å². The molecule has 3 unspecified atom stereocenters. The van der Waals surface area contributed by atoms with Crippen LogP contribution >= 0.6 is 0 Å². The smallest absolute Gasteiger partial charge is 0.0658 e. The summed E-state index contributed by atoms with van der Waals surface area (Å²) in [5.41, 5.74) is 2.98. The molecule has 2 nitrogen and oxygen atoms in total. The lowest BCUT2D eigenvalue weighted by molar-refractivity contribution is -0.127. The zero-order valence-corrected chi connectivity index (χ0v) is 13.6. The first-order chi connectivity index (χ1) is 9.51. The monoisotopic (exact) mass is 275 g/mol. The number of benzene rings is 1. The van der Waals surface area contributed by atoms with Crippen molar-refractivity contribution in [3.05, 3.63) is 35.4 Å². The van der Waals surface area contributed by atoms with Gasteiger partial charge >= 0.3 is 0 Å². The van der Waals surface area contributed by atoms with Crippen LogP contribution < -0.4 is 5.32 Å². The summed E-state index contributed by atoms with van der Waals surface area (Å²) in [6, 6.07) is 9.74. The van der Waals surface area contributed by atoms with Gasteiger partial charge in [0, 0.05) is 24.1 Å². The molecule has 1 aromatic carbocycles. The van der Waals surface area contributed by atoms with Crippen LogP contribution in [0, 0.1) is 12.3 Å². The van der Waals surface area contributed by atoms with Crippen molar-refractivity contribution in [3.8, 4) is 0 Å². The number of aryl methyl sites for hydroxylation is 1. The highest BCUT2D eigenvalue weighted by Gasteiger charge is 2.51. The van der Waals surface area contributed by atoms with E-state index in [2.05, 4.69) is 64.2 Å². The third-order valence-electron chi connectivity index (χ3n) is 5.10. The highest BCUT2D eigenvalue weighted by Crippen LogP contribution is 2.46. The van der Waals surface area contributed by atoms with Crippen LogP contribution in [0.15, 0.2) is 24.3 Å². The third-order valence-corrected chi connectivity index (χ3v) is 5.10. The fraction of sp³-hybridized carbons (Fsp3) is 0.667. The van der Waals surface area contributed by atoms with E-state index >= 15 is 0 Å². The lowest BCUT2D eigenvalue weighted by Crippen LogP contribution is -2.62. The Morgan fingerprint density at radius 2 is 2.15 bits per heavy atom. The molecule has 2 heteroatoms. The van der Waals surface area contributed by atoms with E-state index in [-0.39, 0.29) is 5.41 Å². The molecule has 1 N–H and O–H groups in total. The van der Waals surface area contributed by atoms with E-state index in [0.29, 0.717) is 18.2 Å². The Balaban J connectivity index is 2.00. The van der Waals surface area contributed by atoms with Gasteiger partial charge in [-0.25, -0.2) is 0 Å². The molecule has 1 aromatic rings. The van der Waals surface area contributed by atoms with Gasteiger partial charge in [0.25, 0.3) is 0 Å². The van der Waals surface area contributed by atoms with Crippen LogP contribution in [-0.4, -0.2) is 18.8 Å². The molecule has 0 bridgehead atoms. The lowest BCUT2D eigenvalue weighted by Gasteiger charge is -2.54. The molecule has 4 atom stereocenters. The van der Waals surface area contributed by atoms with E-state index in [0.717, 1.165) is 19.4 Å². The summed E-state index contributed by atoms with van der Waals surface area (Å²) in [5.74, 6) is 0. The van der Waals surface area contributed by atoms with Crippen molar-refractivity contribution in [2.45, 2.75) is 65.6 Å². The van der Waals surface area contributed by atoms with Gasteiger partial charge in [0.1, 0.15) is 0 Å². The fourth-order valence-electron chi connectivity index (χ4n) is 3.35. The molecule has 20 heavy (non-hydrogen) atoms. The maximum absolute atomic E-state index is 5.88. The first kappa shape index (κ1) is 15.5. The van der Waals surface area contributed by atoms with Gasteiger partial charge in [-0.3, -0.25) is 0 Å². The van der Waals surface area contributed by atoms with Gasteiger partial charge in [-0.2, -0.15) is 0 Å². The summed E-state index contributed by atoms with van der Waals surface area (Å²) in [6.07, 6.45) is 2.71. The second kappa shape index (κ2) is 6.28. The van der Waals surface area contributed by atoms with Crippen LogP contribution in [0.5, 0.6) is 0 Å². The Morgan fingerprint density at radius 1 is 1.40 bits per heavy atom. The zero-order chi connectivity index (χ0) is 14.8. The minimum absolute atomic E-state index is 0.272. The lowest BCUT2D eigenvalue weighted by atomic mass is 9.61. The summed E-state index contributed by atoms with van der Waals surface area (Å²) < 4.78 is 5.88. The summed E-state index contributed by atoms with van der Waals surface area (Å²) in [5, 5.41) is 3.81. The number of hydrogen-bond donors (Lipinski definition) is 1. The largest absolute Gasteiger partial charge is 0.378 e. The highest BCUT2D eigenvalue weighted by molar-refractivity contribution is 5.25. The van der Waals surface area contributed by atoms with Gasteiger partial charge in [0.2, 0.25) is 0 Å². The van der Waals surface area contributed by atoms with Crippen molar-refractivity contribution < 1.29 is 4.74 Å². The average Bonchev–Trinajstić information content (AvgIpc) is 2.45. The Hall–Kier alpha value is -0.860. The summed E-state index contributed by atoms with van der Waals surface area (Å²) in [7, 11) is 0. The molecule has 112 valence electrons. The third kappa shape index (κ3) is 2.91. The Morgan fingerprint density at radius 3 is 2.75 bits per heavy atom. The number of hydrogen-bond acceptors (Lipinski definition) is 2. The number of nitrogens with one attached hydrogen (secondary N) is 1. The van der Waals surface area contributed by atoms with E-state index in [4.69, 9.17) is 4.74 Å². The molecule has 1 aliphatic carbocycles. The average molecular weight is 275 g/mol. The molecule has 2 rings (SSSR count).